The van der Waals surface area contributed by atoms with Crippen molar-refractivity contribution < 1.29 is 4.74 Å². The number of hydrogen-bond donors (Lipinski definition) is 1. The van der Waals surface area contributed by atoms with Gasteiger partial charge in [0.15, 0.2) is 0 Å². The summed E-state index contributed by atoms with van der Waals surface area (Å²) >= 11 is 0. The zero-order valence-corrected chi connectivity index (χ0v) is 12.8. The van der Waals surface area contributed by atoms with E-state index in [9.17, 15) is 0 Å². The van der Waals surface area contributed by atoms with Gasteiger partial charge in [-0.15, -0.1) is 0 Å². The molecule has 0 heterocycles. The van der Waals surface area contributed by atoms with Crippen molar-refractivity contribution in [1.82, 2.24) is 0 Å². The first kappa shape index (κ1) is 17.4. The quantitative estimate of drug-likeness (QED) is 0.629. The summed E-state index contributed by atoms with van der Waals surface area (Å²) in [5.74, 6) is 0.736. The Kier molecular flexibility index (Phi) is 9.03. The van der Waals surface area contributed by atoms with Gasteiger partial charge in [-0.05, 0) is 39.5 Å². The number of allylic oxidation sites excluding steroid dienone is 3. The highest BCUT2D eigenvalue weighted by atomic mass is 16.5. The van der Waals surface area contributed by atoms with Crippen molar-refractivity contribution >= 4 is 0 Å². The number of nitrogens with two attached hydrogens (primary N) is 1. The third-order valence-corrected chi connectivity index (χ3v) is 3.39. The number of hydrogen-bond acceptors (Lipinski definition) is 2. The van der Waals surface area contributed by atoms with Crippen LogP contribution in [0.3, 0.4) is 0 Å². The van der Waals surface area contributed by atoms with Crippen LogP contribution < -0.4 is 5.73 Å². The molecule has 0 aromatic rings. The average Bonchev–Trinajstić information content (AvgIpc) is 2.29. The average molecular weight is 253 g/mol. The van der Waals surface area contributed by atoms with Gasteiger partial charge in [0, 0.05) is 13.7 Å². The summed E-state index contributed by atoms with van der Waals surface area (Å²) in [6.07, 6.45) is 11.2. The molecule has 106 valence electrons. The van der Waals surface area contributed by atoms with Crippen molar-refractivity contribution in [3.63, 3.8) is 0 Å². The number of rotatable bonds is 9. The molecule has 0 aliphatic rings. The molecule has 0 rings (SSSR count). The van der Waals surface area contributed by atoms with E-state index in [-0.39, 0.29) is 5.60 Å². The largest absolute Gasteiger partial charge is 0.379 e. The van der Waals surface area contributed by atoms with Gasteiger partial charge < -0.3 is 10.5 Å². The van der Waals surface area contributed by atoms with Crippen molar-refractivity contribution in [1.29, 1.82) is 0 Å². The summed E-state index contributed by atoms with van der Waals surface area (Å²) in [5.41, 5.74) is 6.74. The van der Waals surface area contributed by atoms with Gasteiger partial charge >= 0.3 is 0 Å². The Morgan fingerprint density at radius 2 is 2.06 bits per heavy atom. The summed E-state index contributed by atoms with van der Waals surface area (Å²) in [6.45, 7) is 9.33. The SMILES string of the molecule is COC(C)(C)CCCC(C)CC=CC(C)=CCN. The van der Waals surface area contributed by atoms with Crippen molar-refractivity contribution in [3.8, 4) is 0 Å². The van der Waals surface area contributed by atoms with Crippen molar-refractivity contribution in [2.75, 3.05) is 13.7 Å². The van der Waals surface area contributed by atoms with E-state index < -0.39 is 0 Å². The lowest BCUT2D eigenvalue weighted by atomic mass is 9.95. The standard InChI is InChI=1S/C16H31NO/c1-14(8-6-9-15(2)11-13-17)10-7-12-16(3,4)18-5/h6,9,11,14H,7-8,10,12-13,17H2,1-5H3. The van der Waals surface area contributed by atoms with Crippen LogP contribution >= 0.6 is 0 Å². The van der Waals surface area contributed by atoms with Gasteiger partial charge in [-0.3, -0.25) is 0 Å². The van der Waals surface area contributed by atoms with Crippen LogP contribution in [0.4, 0.5) is 0 Å². The lowest BCUT2D eigenvalue weighted by Gasteiger charge is -2.23. The highest BCUT2D eigenvalue weighted by Gasteiger charge is 2.15. The molecule has 2 heteroatoms. The van der Waals surface area contributed by atoms with E-state index in [0.717, 1.165) is 18.8 Å². The Balaban J connectivity index is 3.79. The van der Waals surface area contributed by atoms with Crippen LogP contribution in [0.15, 0.2) is 23.8 Å². The predicted molar refractivity (Wildman–Crippen MR) is 80.7 cm³/mol. The van der Waals surface area contributed by atoms with Crippen LogP contribution in [-0.4, -0.2) is 19.3 Å². The Labute approximate surface area is 113 Å². The van der Waals surface area contributed by atoms with Crippen LogP contribution in [0.2, 0.25) is 0 Å². The second-order valence-electron chi connectivity index (χ2n) is 5.78. The minimum absolute atomic E-state index is 0.0238. The van der Waals surface area contributed by atoms with Crippen LogP contribution in [-0.2, 0) is 4.74 Å². The van der Waals surface area contributed by atoms with Crippen LogP contribution in [0.5, 0.6) is 0 Å². The fourth-order valence-electron chi connectivity index (χ4n) is 1.84. The summed E-state index contributed by atoms with van der Waals surface area (Å²) in [6, 6.07) is 0. The number of ether oxygens (including phenoxy) is 1. The fourth-order valence-corrected chi connectivity index (χ4v) is 1.84. The zero-order chi connectivity index (χ0) is 14.0. The molecule has 0 aromatic carbocycles. The molecule has 0 amide bonds. The molecule has 18 heavy (non-hydrogen) atoms. The molecule has 0 bridgehead atoms. The van der Waals surface area contributed by atoms with Gasteiger partial charge in [-0.1, -0.05) is 43.6 Å². The number of methoxy groups -OCH3 is 1. The Hall–Kier alpha value is -0.600. The van der Waals surface area contributed by atoms with Gasteiger partial charge in [0.2, 0.25) is 0 Å². The highest BCUT2D eigenvalue weighted by molar-refractivity contribution is 5.16. The van der Waals surface area contributed by atoms with E-state index >= 15 is 0 Å². The van der Waals surface area contributed by atoms with Gasteiger partial charge in [-0.2, -0.15) is 0 Å². The topological polar surface area (TPSA) is 35.2 Å². The van der Waals surface area contributed by atoms with Gasteiger partial charge in [0.05, 0.1) is 5.60 Å². The molecule has 0 radical (unpaired) electrons. The first-order valence-corrected chi connectivity index (χ1v) is 7.00. The van der Waals surface area contributed by atoms with Crippen LogP contribution in [0.1, 0.15) is 53.4 Å². The summed E-state index contributed by atoms with van der Waals surface area (Å²) in [4.78, 5) is 0. The molecule has 0 spiro atoms. The van der Waals surface area contributed by atoms with Crippen molar-refractivity contribution in [2.24, 2.45) is 11.7 Å². The minimum atomic E-state index is 0.0238. The van der Waals surface area contributed by atoms with E-state index in [1.54, 1.807) is 7.11 Å². The Morgan fingerprint density at radius 3 is 2.61 bits per heavy atom. The van der Waals surface area contributed by atoms with E-state index in [4.69, 9.17) is 10.5 Å². The monoisotopic (exact) mass is 253 g/mol. The molecule has 2 N–H and O–H groups in total. The summed E-state index contributed by atoms with van der Waals surface area (Å²) in [5, 5.41) is 0. The molecular weight excluding hydrogens is 222 g/mol. The first-order valence-electron chi connectivity index (χ1n) is 7.00. The third-order valence-electron chi connectivity index (χ3n) is 3.39. The maximum atomic E-state index is 5.46. The van der Waals surface area contributed by atoms with Crippen molar-refractivity contribution in [3.05, 3.63) is 23.8 Å². The second kappa shape index (κ2) is 9.35. The van der Waals surface area contributed by atoms with Gasteiger partial charge in [0.1, 0.15) is 0 Å². The molecule has 1 unspecified atom stereocenters. The molecule has 0 saturated heterocycles. The molecule has 1 atom stereocenters. The first-order chi connectivity index (χ1) is 8.41. The smallest absolute Gasteiger partial charge is 0.0622 e. The lowest BCUT2D eigenvalue weighted by molar-refractivity contribution is 0.0128. The predicted octanol–water partition coefficient (Wildman–Crippen LogP) is 4.07. The molecule has 0 aromatic heterocycles. The van der Waals surface area contributed by atoms with E-state index in [2.05, 4.69) is 39.8 Å². The summed E-state index contributed by atoms with van der Waals surface area (Å²) in [7, 11) is 1.79. The normalized spacial score (nSPS) is 15.3. The molecule has 0 saturated carbocycles. The second-order valence-corrected chi connectivity index (χ2v) is 5.78. The van der Waals surface area contributed by atoms with Crippen LogP contribution in [0.25, 0.3) is 0 Å². The van der Waals surface area contributed by atoms with E-state index in [1.807, 2.05) is 6.08 Å². The highest BCUT2D eigenvalue weighted by Crippen LogP contribution is 2.20. The van der Waals surface area contributed by atoms with Gasteiger partial charge in [-0.25, -0.2) is 0 Å². The summed E-state index contributed by atoms with van der Waals surface area (Å²) < 4.78 is 5.43. The fraction of sp³-hybridized carbons (Fsp3) is 0.750. The lowest BCUT2D eigenvalue weighted by Crippen LogP contribution is -2.22. The molecule has 0 aliphatic carbocycles. The maximum Gasteiger partial charge on any atom is 0.0622 e. The molecular formula is C16H31NO. The molecule has 0 fully saturated rings. The van der Waals surface area contributed by atoms with Gasteiger partial charge in [0.25, 0.3) is 0 Å². The van der Waals surface area contributed by atoms with E-state index in [0.29, 0.717) is 6.54 Å². The minimum Gasteiger partial charge on any atom is -0.379 e. The maximum absolute atomic E-state index is 5.46. The van der Waals surface area contributed by atoms with Crippen LogP contribution in [0, 0.1) is 5.92 Å². The molecule has 0 aliphatic heterocycles. The third kappa shape index (κ3) is 9.43. The van der Waals surface area contributed by atoms with E-state index in [1.165, 1.54) is 18.4 Å². The molecule has 2 nitrogen and oxygen atoms in total. The zero-order valence-electron chi connectivity index (χ0n) is 12.8. The Bertz CT molecular complexity index is 266. The van der Waals surface area contributed by atoms with Crippen molar-refractivity contribution in [2.45, 2.75) is 59.0 Å². The Morgan fingerprint density at radius 1 is 1.39 bits per heavy atom.